The maximum absolute atomic E-state index is 5.23. The second kappa shape index (κ2) is 11.8. The van der Waals surface area contributed by atoms with E-state index in [1.165, 1.54) is 51.5 Å². The van der Waals surface area contributed by atoms with Gasteiger partial charge in [0.25, 0.3) is 0 Å². The third-order valence-corrected chi connectivity index (χ3v) is 11.7. The largest absolute Gasteiger partial charge is 0.208 e. The molecule has 0 saturated carbocycles. The molecule has 0 aliphatic carbocycles. The summed E-state index contributed by atoms with van der Waals surface area (Å²) in [4.78, 5) is 15.5. The van der Waals surface area contributed by atoms with Crippen molar-refractivity contribution in [1.29, 1.82) is 0 Å². The normalized spacial score (nSPS) is 11.6. The first-order valence-electron chi connectivity index (χ1n) is 16.6. The second-order valence-corrected chi connectivity index (χ2v) is 14.5. The van der Waals surface area contributed by atoms with Gasteiger partial charge in [0, 0.05) is 68.2 Å². The van der Waals surface area contributed by atoms with Crippen molar-refractivity contribution in [3.05, 3.63) is 164 Å². The molecule has 0 unspecified atom stereocenters. The monoisotopic (exact) mass is 673 g/mol. The SMILES string of the molecule is c1ccc(-c2nc(-c3ccccc3)nc(-c3cccc(-c4cccc5c4sc4ccccc45)c3-c3cccc4sc5ccccc5c34)n2)cc1. The van der Waals surface area contributed by atoms with E-state index in [4.69, 9.17) is 15.0 Å². The van der Waals surface area contributed by atoms with Gasteiger partial charge >= 0.3 is 0 Å². The summed E-state index contributed by atoms with van der Waals surface area (Å²) in [7, 11) is 0. The molecule has 3 heterocycles. The number of hydrogen-bond donors (Lipinski definition) is 0. The van der Waals surface area contributed by atoms with E-state index in [0.717, 1.165) is 27.8 Å². The van der Waals surface area contributed by atoms with Crippen molar-refractivity contribution >= 4 is 63.0 Å². The van der Waals surface area contributed by atoms with E-state index in [2.05, 4.69) is 127 Å². The van der Waals surface area contributed by atoms with Gasteiger partial charge in [-0.15, -0.1) is 22.7 Å². The van der Waals surface area contributed by atoms with E-state index in [1.807, 2.05) is 59.1 Å². The molecular formula is C45H27N3S2. The molecule has 0 saturated heterocycles. The Labute approximate surface area is 296 Å². The number of nitrogens with zero attached hydrogens (tertiary/aromatic N) is 3. The van der Waals surface area contributed by atoms with Crippen LogP contribution in [0.4, 0.5) is 0 Å². The van der Waals surface area contributed by atoms with Crippen LogP contribution in [0.1, 0.15) is 0 Å². The highest BCUT2D eigenvalue weighted by Crippen LogP contribution is 2.49. The van der Waals surface area contributed by atoms with Gasteiger partial charge in [-0.25, -0.2) is 15.0 Å². The fourth-order valence-electron chi connectivity index (χ4n) is 7.12. The smallest absolute Gasteiger partial charge is 0.164 e. The lowest BCUT2D eigenvalue weighted by atomic mass is 9.87. The van der Waals surface area contributed by atoms with E-state index < -0.39 is 0 Å². The van der Waals surface area contributed by atoms with Crippen LogP contribution in [-0.4, -0.2) is 15.0 Å². The number of benzene rings is 7. The molecule has 10 aromatic rings. The van der Waals surface area contributed by atoms with Gasteiger partial charge < -0.3 is 0 Å². The van der Waals surface area contributed by atoms with Crippen LogP contribution in [0.25, 0.3) is 96.8 Å². The molecule has 0 spiro atoms. The van der Waals surface area contributed by atoms with Crippen LogP contribution in [0.3, 0.4) is 0 Å². The molecule has 0 aliphatic rings. The van der Waals surface area contributed by atoms with E-state index in [9.17, 15) is 0 Å². The van der Waals surface area contributed by atoms with Crippen molar-refractivity contribution in [2.45, 2.75) is 0 Å². The first-order valence-corrected chi connectivity index (χ1v) is 18.2. The number of rotatable bonds is 5. The average Bonchev–Trinajstić information content (AvgIpc) is 3.77. The lowest BCUT2D eigenvalue weighted by Crippen LogP contribution is -2.02. The van der Waals surface area contributed by atoms with Crippen molar-refractivity contribution in [3.8, 4) is 56.4 Å². The quantitative estimate of drug-likeness (QED) is 0.182. The number of fused-ring (bicyclic) bond motifs is 6. The third kappa shape index (κ3) is 4.74. The van der Waals surface area contributed by atoms with Gasteiger partial charge in [-0.3, -0.25) is 0 Å². The number of thiophene rings is 2. The van der Waals surface area contributed by atoms with Crippen LogP contribution in [-0.2, 0) is 0 Å². The maximum atomic E-state index is 5.23. The highest BCUT2D eigenvalue weighted by Gasteiger charge is 2.23. The highest BCUT2D eigenvalue weighted by molar-refractivity contribution is 7.26. The van der Waals surface area contributed by atoms with Crippen molar-refractivity contribution in [1.82, 2.24) is 15.0 Å². The molecule has 0 amide bonds. The zero-order chi connectivity index (χ0) is 33.0. The summed E-state index contributed by atoms with van der Waals surface area (Å²) in [6.45, 7) is 0. The summed E-state index contributed by atoms with van der Waals surface area (Å²) in [6.07, 6.45) is 0. The van der Waals surface area contributed by atoms with Gasteiger partial charge in [-0.1, -0.05) is 146 Å². The average molecular weight is 674 g/mol. The Kier molecular flexibility index (Phi) is 6.86. The third-order valence-electron chi connectivity index (χ3n) is 9.37. The zero-order valence-electron chi connectivity index (χ0n) is 26.7. The van der Waals surface area contributed by atoms with Crippen LogP contribution in [0.2, 0.25) is 0 Å². The Balaban J connectivity index is 1.33. The molecule has 0 bridgehead atoms. The molecule has 0 atom stereocenters. The Morgan fingerprint density at radius 2 is 0.820 bits per heavy atom. The molecule has 0 fully saturated rings. The molecule has 0 radical (unpaired) electrons. The molecular weight excluding hydrogens is 647 g/mol. The first kappa shape index (κ1) is 29.0. The summed E-state index contributed by atoms with van der Waals surface area (Å²) in [5, 5.41) is 5.08. The fourth-order valence-corrected chi connectivity index (χ4v) is 9.49. The molecule has 234 valence electrons. The maximum Gasteiger partial charge on any atom is 0.164 e. The van der Waals surface area contributed by atoms with Crippen LogP contribution >= 0.6 is 22.7 Å². The molecule has 0 aliphatic heterocycles. The fraction of sp³-hybridized carbons (Fsp3) is 0. The highest BCUT2D eigenvalue weighted by atomic mass is 32.1. The topological polar surface area (TPSA) is 38.7 Å². The molecule has 3 aromatic heterocycles. The molecule has 3 nitrogen and oxygen atoms in total. The number of aromatic nitrogens is 3. The minimum Gasteiger partial charge on any atom is -0.208 e. The van der Waals surface area contributed by atoms with Crippen LogP contribution in [0, 0.1) is 0 Å². The summed E-state index contributed by atoms with van der Waals surface area (Å²) >= 11 is 3.70. The summed E-state index contributed by atoms with van der Waals surface area (Å²) in [5.74, 6) is 1.95. The molecule has 0 N–H and O–H groups in total. The Hall–Kier alpha value is -6.01. The van der Waals surface area contributed by atoms with Gasteiger partial charge in [-0.2, -0.15) is 0 Å². The van der Waals surface area contributed by atoms with Crippen molar-refractivity contribution in [2.24, 2.45) is 0 Å². The Morgan fingerprint density at radius 1 is 0.320 bits per heavy atom. The van der Waals surface area contributed by atoms with E-state index in [1.54, 1.807) is 0 Å². The van der Waals surface area contributed by atoms with E-state index in [-0.39, 0.29) is 0 Å². The summed E-state index contributed by atoms with van der Waals surface area (Å²) in [6, 6.07) is 57.8. The van der Waals surface area contributed by atoms with Crippen LogP contribution < -0.4 is 0 Å². The van der Waals surface area contributed by atoms with Gasteiger partial charge in [0.1, 0.15) is 0 Å². The molecule has 50 heavy (non-hydrogen) atoms. The van der Waals surface area contributed by atoms with Crippen molar-refractivity contribution < 1.29 is 0 Å². The molecule has 7 aromatic carbocycles. The minimum absolute atomic E-state index is 0.648. The summed E-state index contributed by atoms with van der Waals surface area (Å²) in [5.41, 5.74) is 7.53. The van der Waals surface area contributed by atoms with Gasteiger partial charge in [0.05, 0.1) is 0 Å². The van der Waals surface area contributed by atoms with Gasteiger partial charge in [-0.05, 0) is 29.3 Å². The minimum atomic E-state index is 0.648. The molecule has 5 heteroatoms. The zero-order valence-corrected chi connectivity index (χ0v) is 28.4. The predicted molar refractivity (Wildman–Crippen MR) is 213 cm³/mol. The van der Waals surface area contributed by atoms with Crippen molar-refractivity contribution in [2.75, 3.05) is 0 Å². The first-order chi connectivity index (χ1) is 24.8. The lowest BCUT2D eigenvalue weighted by molar-refractivity contribution is 1.07. The lowest BCUT2D eigenvalue weighted by Gasteiger charge is -2.18. The van der Waals surface area contributed by atoms with Crippen molar-refractivity contribution in [3.63, 3.8) is 0 Å². The Bertz CT molecular complexity index is 2810. The van der Waals surface area contributed by atoms with Gasteiger partial charge in [0.2, 0.25) is 0 Å². The summed E-state index contributed by atoms with van der Waals surface area (Å²) < 4.78 is 5.10. The standard InChI is InChI=1S/C45H27N3S2/c1-3-14-28(15-4-1)43-46-44(29-16-5-2-6-17-29)48-45(47-43)36-24-11-20-31(33-22-12-21-32-30-18-7-9-25-37(30)50-42(32)33)40(36)35-23-13-27-39-41(35)34-19-8-10-26-38(34)49-39/h1-27H. The number of hydrogen-bond acceptors (Lipinski definition) is 5. The van der Waals surface area contributed by atoms with E-state index in [0.29, 0.717) is 17.5 Å². The molecule has 10 rings (SSSR count). The van der Waals surface area contributed by atoms with E-state index >= 15 is 0 Å². The predicted octanol–water partition coefficient (Wildman–Crippen LogP) is 12.9. The van der Waals surface area contributed by atoms with Crippen LogP contribution in [0.5, 0.6) is 0 Å². The van der Waals surface area contributed by atoms with Gasteiger partial charge in [0.15, 0.2) is 17.5 Å². The Morgan fingerprint density at radius 3 is 1.56 bits per heavy atom. The van der Waals surface area contributed by atoms with Crippen LogP contribution in [0.15, 0.2) is 164 Å². The second-order valence-electron chi connectivity index (χ2n) is 12.3.